The van der Waals surface area contributed by atoms with Gasteiger partial charge in [-0.1, -0.05) is 143 Å². The van der Waals surface area contributed by atoms with Gasteiger partial charge < -0.3 is 0 Å². The fourth-order valence-corrected chi connectivity index (χ4v) is 18.9. The van der Waals surface area contributed by atoms with Gasteiger partial charge in [0.2, 0.25) is 0 Å². The molecule has 0 nitrogen and oxygen atoms in total. The third-order valence-electron chi connectivity index (χ3n) is 10.6. The van der Waals surface area contributed by atoms with Crippen molar-refractivity contribution in [3.63, 3.8) is 0 Å². The van der Waals surface area contributed by atoms with E-state index >= 15 is 0 Å². The number of rotatable bonds is 0. The maximum atomic E-state index is 2.73. The highest BCUT2D eigenvalue weighted by molar-refractivity contribution is 7.70. The van der Waals surface area contributed by atoms with E-state index < -0.39 is 0 Å². The monoisotopic (exact) mass is 550 g/mol. The molecule has 3 aliphatic heterocycles. The van der Waals surface area contributed by atoms with Crippen LogP contribution in [0.3, 0.4) is 0 Å². The molecule has 0 radical (unpaired) electrons. The minimum Gasteiger partial charge on any atom is -0.0627 e. The van der Waals surface area contributed by atoms with Crippen LogP contribution in [0.15, 0.2) is 72.8 Å². The Morgan fingerprint density at radius 3 is 1.33 bits per heavy atom. The molecule has 0 N–H and O–H groups in total. The molecule has 4 aromatic carbocycles. The number of fused-ring (bicyclic) bond motifs is 11. The highest BCUT2D eigenvalue weighted by atomic mass is 31.1. The fourth-order valence-electron chi connectivity index (χ4n) is 9.52. The highest BCUT2D eigenvalue weighted by Crippen LogP contribution is 2.75. The van der Waals surface area contributed by atoms with Crippen molar-refractivity contribution in [2.45, 2.75) is 107 Å². The van der Waals surface area contributed by atoms with E-state index in [4.69, 9.17) is 0 Å². The van der Waals surface area contributed by atoms with Crippen LogP contribution in [0.1, 0.15) is 86.5 Å². The maximum Gasteiger partial charge on any atom is -0.00153 e. The standard InChI is InChI=1S/C37H44P2/c1-34(2)21-11-23-36(5)25-37(6)24-12-22-35(3,4)39(37)31-20-18-27-14-8-10-16-29(27)33(31)32-28-15-9-7-13-26(28)17-19-30(32)38(34)36/h7-10,13-20H,11-12,21-25H2,1-6H3. The molecule has 3 heterocycles. The summed E-state index contributed by atoms with van der Waals surface area (Å²) < 4.78 is 0. The molecular formula is C37H44P2. The minimum atomic E-state index is -0.386. The van der Waals surface area contributed by atoms with Crippen LogP contribution in [-0.4, -0.2) is 20.6 Å². The summed E-state index contributed by atoms with van der Waals surface area (Å²) in [7, 11) is -0.772. The van der Waals surface area contributed by atoms with Crippen LogP contribution in [0.5, 0.6) is 0 Å². The number of hydrogen-bond donors (Lipinski definition) is 0. The summed E-state index contributed by atoms with van der Waals surface area (Å²) in [4.78, 5) is 0. The van der Waals surface area contributed by atoms with Crippen molar-refractivity contribution < 1.29 is 0 Å². The first-order chi connectivity index (χ1) is 18.5. The third kappa shape index (κ3) is 3.92. The van der Waals surface area contributed by atoms with Gasteiger partial charge in [0.05, 0.1) is 0 Å². The van der Waals surface area contributed by atoms with E-state index in [0.29, 0.717) is 20.6 Å². The molecule has 2 fully saturated rings. The Balaban J connectivity index is 1.71. The maximum absolute atomic E-state index is 2.73. The molecule has 0 amide bonds. The van der Waals surface area contributed by atoms with Crippen LogP contribution in [0.4, 0.5) is 0 Å². The van der Waals surface area contributed by atoms with Gasteiger partial charge in [-0.25, -0.2) is 0 Å². The summed E-state index contributed by atoms with van der Waals surface area (Å²) >= 11 is 0. The molecule has 0 spiro atoms. The van der Waals surface area contributed by atoms with Crippen molar-refractivity contribution in [1.82, 2.24) is 0 Å². The number of hydrogen-bond acceptors (Lipinski definition) is 0. The normalized spacial score (nSPS) is 31.2. The molecule has 0 aliphatic carbocycles. The minimum absolute atomic E-state index is 0.331. The quantitative estimate of drug-likeness (QED) is 0.191. The topological polar surface area (TPSA) is 0 Å². The molecule has 0 saturated carbocycles. The van der Waals surface area contributed by atoms with Crippen molar-refractivity contribution in [3.05, 3.63) is 72.8 Å². The molecule has 2 heteroatoms. The van der Waals surface area contributed by atoms with Crippen LogP contribution < -0.4 is 10.6 Å². The Bertz CT molecular complexity index is 1480. The Morgan fingerprint density at radius 2 is 0.897 bits per heavy atom. The van der Waals surface area contributed by atoms with Gasteiger partial charge >= 0.3 is 0 Å². The van der Waals surface area contributed by atoms with Gasteiger partial charge in [-0.3, -0.25) is 0 Å². The van der Waals surface area contributed by atoms with E-state index in [0.717, 1.165) is 0 Å². The highest BCUT2D eigenvalue weighted by Gasteiger charge is 2.56. The Labute approximate surface area is 238 Å². The summed E-state index contributed by atoms with van der Waals surface area (Å²) in [5.74, 6) is 0. The first-order valence-electron chi connectivity index (χ1n) is 15.2. The lowest BCUT2D eigenvalue weighted by molar-refractivity contribution is 0.356. The second-order valence-corrected chi connectivity index (χ2v) is 21.4. The lowest BCUT2D eigenvalue weighted by Crippen LogP contribution is -2.48. The molecule has 4 unspecified atom stereocenters. The average Bonchev–Trinajstić information content (AvgIpc) is 2.90. The predicted molar refractivity (Wildman–Crippen MR) is 177 cm³/mol. The predicted octanol–water partition coefficient (Wildman–Crippen LogP) is 10.7. The third-order valence-corrected chi connectivity index (χ3v) is 18.1. The summed E-state index contributed by atoms with van der Waals surface area (Å²) in [5, 5.41) is 10.5. The van der Waals surface area contributed by atoms with Gasteiger partial charge in [0.15, 0.2) is 0 Å². The number of benzene rings is 4. The smallest absolute Gasteiger partial charge is 0.00153 e. The van der Waals surface area contributed by atoms with Crippen LogP contribution in [0, 0.1) is 0 Å². The Morgan fingerprint density at radius 1 is 0.487 bits per heavy atom. The SMILES string of the molecule is CC1(C)CCCC2(C)CC3(C)CCCC(C)(C)P3c3ccc4ccccc4c3-c3c(ccc4ccccc34)P12. The van der Waals surface area contributed by atoms with E-state index in [9.17, 15) is 0 Å². The summed E-state index contributed by atoms with van der Waals surface area (Å²) in [6.07, 6.45) is 9.58. The zero-order valence-corrected chi connectivity index (χ0v) is 26.6. The second-order valence-electron chi connectivity index (χ2n) is 14.5. The van der Waals surface area contributed by atoms with Gasteiger partial charge in [-0.2, -0.15) is 0 Å². The zero-order chi connectivity index (χ0) is 27.2. The van der Waals surface area contributed by atoms with Gasteiger partial charge in [0.25, 0.3) is 0 Å². The molecule has 202 valence electrons. The van der Waals surface area contributed by atoms with Crippen molar-refractivity contribution in [2.75, 3.05) is 0 Å². The van der Waals surface area contributed by atoms with Gasteiger partial charge in [0, 0.05) is 0 Å². The van der Waals surface area contributed by atoms with Crippen molar-refractivity contribution in [1.29, 1.82) is 0 Å². The zero-order valence-electron chi connectivity index (χ0n) is 24.8. The first-order valence-corrected chi connectivity index (χ1v) is 17.9. The first kappa shape index (κ1) is 26.2. The lowest BCUT2D eigenvalue weighted by Gasteiger charge is -2.58. The van der Waals surface area contributed by atoms with E-state index in [1.165, 1.54) is 66.5 Å². The molecule has 7 rings (SSSR count). The van der Waals surface area contributed by atoms with E-state index in [-0.39, 0.29) is 15.8 Å². The largest absolute Gasteiger partial charge is 0.0627 e. The molecular weight excluding hydrogens is 506 g/mol. The van der Waals surface area contributed by atoms with Gasteiger partial charge in [-0.15, -0.1) is 0 Å². The van der Waals surface area contributed by atoms with Crippen molar-refractivity contribution >= 4 is 48.0 Å². The second kappa shape index (κ2) is 8.88. The van der Waals surface area contributed by atoms with Gasteiger partial charge in [-0.05, 0) is 96.0 Å². The fraction of sp³-hybridized carbons (Fsp3) is 0.459. The van der Waals surface area contributed by atoms with Gasteiger partial charge in [0.1, 0.15) is 0 Å². The summed E-state index contributed by atoms with van der Waals surface area (Å²) in [6, 6.07) is 28.6. The van der Waals surface area contributed by atoms with E-state index in [1.54, 1.807) is 21.7 Å². The molecule has 0 aromatic heterocycles. The Hall–Kier alpha value is -1.74. The summed E-state index contributed by atoms with van der Waals surface area (Å²) in [6.45, 7) is 15.9. The molecule has 4 aromatic rings. The van der Waals surface area contributed by atoms with Crippen LogP contribution in [0.2, 0.25) is 0 Å². The van der Waals surface area contributed by atoms with E-state index in [2.05, 4.69) is 114 Å². The summed E-state index contributed by atoms with van der Waals surface area (Å²) in [5.41, 5.74) is 3.17. The molecule has 0 bridgehead atoms. The average molecular weight is 551 g/mol. The molecule has 39 heavy (non-hydrogen) atoms. The van der Waals surface area contributed by atoms with Crippen LogP contribution in [-0.2, 0) is 0 Å². The van der Waals surface area contributed by atoms with Crippen molar-refractivity contribution in [3.8, 4) is 11.1 Å². The van der Waals surface area contributed by atoms with E-state index in [1.807, 2.05) is 0 Å². The molecule has 2 saturated heterocycles. The van der Waals surface area contributed by atoms with Crippen LogP contribution >= 0.6 is 15.8 Å². The van der Waals surface area contributed by atoms with Crippen molar-refractivity contribution in [2.24, 2.45) is 0 Å². The molecule has 3 aliphatic rings. The lowest BCUT2D eigenvalue weighted by atomic mass is 9.85. The van der Waals surface area contributed by atoms with Crippen LogP contribution in [0.25, 0.3) is 32.7 Å². The Kier molecular flexibility index (Phi) is 5.96. The molecule has 4 atom stereocenters.